The third kappa shape index (κ3) is 6.36. The van der Waals surface area contributed by atoms with Crippen LogP contribution in [0.3, 0.4) is 0 Å². The molecule has 0 atom stereocenters. The number of amides is 2. The van der Waals surface area contributed by atoms with Gasteiger partial charge in [-0.15, -0.1) is 0 Å². The summed E-state index contributed by atoms with van der Waals surface area (Å²) in [5.41, 5.74) is 2.31. The van der Waals surface area contributed by atoms with Crippen LogP contribution in [0.4, 0.5) is 0 Å². The lowest BCUT2D eigenvalue weighted by atomic mass is 10.1. The van der Waals surface area contributed by atoms with E-state index in [9.17, 15) is 9.59 Å². The third-order valence-electron chi connectivity index (χ3n) is 6.68. The van der Waals surface area contributed by atoms with E-state index in [0.29, 0.717) is 55.7 Å². The van der Waals surface area contributed by atoms with E-state index in [1.54, 1.807) is 12.1 Å². The zero-order chi connectivity index (χ0) is 26.9. The van der Waals surface area contributed by atoms with Crippen molar-refractivity contribution in [2.24, 2.45) is 0 Å². The highest BCUT2D eigenvalue weighted by Gasteiger charge is 2.20. The minimum Gasteiger partial charge on any atom is -0.493 e. The van der Waals surface area contributed by atoms with Crippen molar-refractivity contribution >= 4 is 22.8 Å². The van der Waals surface area contributed by atoms with E-state index in [2.05, 4.69) is 5.32 Å². The molecule has 1 aliphatic rings. The number of benzene rings is 2. The van der Waals surface area contributed by atoms with Gasteiger partial charge in [0.1, 0.15) is 12.4 Å². The van der Waals surface area contributed by atoms with Gasteiger partial charge in [-0.05, 0) is 37.1 Å². The fourth-order valence-electron chi connectivity index (χ4n) is 4.64. The van der Waals surface area contributed by atoms with Crippen molar-refractivity contribution in [3.8, 4) is 17.2 Å². The highest BCUT2D eigenvalue weighted by Crippen LogP contribution is 2.38. The molecule has 0 radical (unpaired) electrons. The number of fused-ring (bicyclic) bond motifs is 1. The standard InChI is InChI=1S/C28H36N4O6/c1-35-23-17-20(18-24(36-2)27(23)37-3)28(34)29-12-8-4-5-11-25-30-21-9-6-7-10-22(21)32(25)19-26(33)31-13-15-38-16-14-31/h6-7,9-10,17-18H,4-5,8,11-16,19H2,1-3H3,(H,29,34). The van der Waals surface area contributed by atoms with Crippen LogP contribution < -0.4 is 19.5 Å². The van der Waals surface area contributed by atoms with Crippen molar-refractivity contribution in [2.45, 2.75) is 32.2 Å². The van der Waals surface area contributed by atoms with Gasteiger partial charge in [0.25, 0.3) is 5.91 Å². The summed E-state index contributed by atoms with van der Waals surface area (Å²) >= 11 is 0. The van der Waals surface area contributed by atoms with Crippen molar-refractivity contribution in [3.05, 3.63) is 47.8 Å². The van der Waals surface area contributed by atoms with Crippen molar-refractivity contribution in [1.29, 1.82) is 0 Å². The molecule has 204 valence electrons. The van der Waals surface area contributed by atoms with Crippen molar-refractivity contribution in [1.82, 2.24) is 19.8 Å². The van der Waals surface area contributed by atoms with E-state index >= 15 is 0 Å². The summed E-state index contributed by atoms with van der Waals surface area (Å²) in [4.78, 5) is 32.3. The first kappa shape index (κ1) is 27.3. The average molecular weight is 525 g/mol. The average Bonchev–Trinajstić information content (AvgIpc) is 3.31. The molecule has 1 aliphatic heterocycles. The number of aromatic nitrogens is 2. The summed E-state index contributed by atoms with van der Waals surface area (Å²) in [5, 5.41) is 2.96. The zero-order valence-corrected chi connectivity index (χ0v) is 22.3. The number of hydrogen-bond acceptors (Lipinski definition) is 7. The molecule has 10 nitrogen and oxygen atoms in total. The first-order chi connectivity index (χ1) is 18.5. The molecular weight excluding hydrogens is 488 g/mol. The molecule has 1 aromatic heterocycles. The lowest BCUT2D eigenvalue weighted by Gasteiger charge is -2.27. The smallest absolute Gasteiger partial charge is 0.251 e. The number of morpholine rings is 1. The summed E-state index contributed by atoms with van der Waals surface area (Å²) < 4.78 is 23.4. The fraction of sp³-hybridized carbons (Fsp3) is 0.464. The van der Waals surface area contributed by atoms with E-state index in [1.165, 1.54) is 21.3 Å². The Bertz CT molecular complexity index is 1230. The summed E-state index contributed by atoms with van der Waals surface area (Å²) in [6.45, 7) is 3.24. The number of imidazole rings is 1. The molecular formula is C28H36N4O6. The van der Waals surface area contributed by atoms with Crippen LogP contribution in [0.5, 0.6) is 17.2 Å². The van der Waals surface area contributed by atoms with Crippen LogP contribution in [0.1, 0.15) is 35.4 Å². The SMILES string of the molecule is COc1cc(C(=O)NCCCCCc2nc3ccccc3n2CC(=O)N2CCOCC2)cc(OC)c1OC. The number of unbranched alkanes of at least 4 members (excludes halogenated alkanes) is 2. The predicted octanol–water partition coefficient (Wildman–Crippen LogP) is 3.06. The second-order valence-corrected chi connectivity index (χ2v) is 9.08. The highest BCUT2D eigenvalue weighted by atomic mass is 16.5. The van der Waals surface area contributed by atoms with Crippen LogP contribution >= 0.6 is 0 Å². The molecule has 10 heteroatoms. The van der Waals surface area contributed by atoms with Crippen molar-refractivity contribution in [3.63, 3.8) is 0 Å². The molecule has 0 saturated carbocycles. The number of methoxy groups -OCH3 is 3. The van der Waals surface area contributed by atoms with Gasteiger partial charge < -0.3 is 33.7 Å². The normalized spacial score (nSPS) is 13.4. The Kier molecular flexibility index (Phi) is 9.42. The number of rotatable bonds is 12. The minimum absolute atomic E-state index is 0.0900. The highest BCUT2D eigenvalue weighted by molar-refractivity contribution is 5.95. The summed E-state index contributed by atoms with van der Waals surface area (Å²) in [6, 6.07) is 11.2. The predicted molar refractivity (Wildman–Crippen MR) is 143 cm³/mol. The van der Waals surface area contributed by atoms with Gasteiger partial charge in [0, 0.05) is 31.6 Å². The van der Waals surface area contributed by atoms with Gasteiger partial charge in [0.15, 0.2) is 11.5 Å². The van der Waals surface area contributed by atoms with Crippen LogP contribution in [0.2, 0.25) is 0 Å². The molecule has 0 unspecified atom stereocenters. The maximum absolute atomic E-state index is 12.9. The summed E-state index contributed by atoms with van der Waals surface area (Å²) in [6.07, 6.45) is 3.39. The number of ether oxygens (including phenoxy) is 4. The lowest BCUT2D eigenvalue weighted by molar-refractivity contribution is -0.135. The monoisotopic (exact) mass is 524 g/mol. The van der Waals surface area contributed by atoms with Gasteiger partial charge >= 0.3 is 0 Å². The maximum atomic E-state index is 12.9. The molecule has 2 amide bonds. The number of hydrogen-bond donors (Lipinski definition) is 1. The van der Waals surface area contributed by atoms with Gasteiger partial charge in [0.05, 0.1) is 45.6 Å². The Morgan fingerprint density at radius 3 is 2.37 bits per heavy atom. The number of aryl methyl sites for hydroxylation is 1. The summed E-state index contributed by atoms with van der Waals surface area (Å²) in [7, 11) is 4.56. The van der Waals surface area contributed by atoms with E-state index in [0.717, 1.165) is 42.5 Å². The molecule has 38 heavy (non-hydrogen) atoms. The number of para-hydroxylation sites is 2. The molecule has 0 spiro atoms. The van der Waals surface area contributed by atoms with Crippen LogP contribution in [0, 0.1) is 0 Å². The zero-order valence-electron chi connectivity index (χ0n) is 22.3. The second-order valence-electron chi connectivity index (χ2n) is 9.08. The molecule has 1 N–H and O–H groups in total. The molecule has 2 aromatic carbocycles. The number of nitrogens with zero attached hydrogens (tertiary/aromatic N) is 3. The molecule has 3 aromatic rings. The Morgan fingerprint density at radius 1 is 0.974 bits per heavy atom. The van der Waals surface area contributed by atoms with Crippen LogP contribution in [0.15, 0.2) is 36.4 Å². The van der Waals surface area contributed by atoms with Gasteiger partial charge in [-0.2, -0.15) is 0 Å². The molecule has 2 heterocycles. The Hall–Kier alpha value is -3.79. The Morgan fingerprint density at radius 2 is 1.68 bits per heavy atom. The van der Waals surface area contributed by atoms with Gasteiger partial charge in [-0.1, -0.05) is 18.6 Å². The second kappa shape index (κ2) is 13.1. The van der Waals surface area contributed by atoms with E-state index in [-0.39, 0.29) is 18.4 Å². The van der Waals surface area contributed by atoms with E-state index in [4.69, 9.17) is 23.9 Å². The first-order valence-corrected chi connectivity index (χ1v) is 12.9. The number of carbonyl (C=O) groups excluding carboxylic acids is 2. The third-order valence-corrected chi connectivity index (χ3v) is 6.68. The lowest BCUT2D eigenvalue weighted by Crippen LogP contribution is -2.42. The quantitative estimate of drug-likeness (QED) is 0.363. The Labute approximate surface area is 222 Å². The molecule has 1 saturated heterocycles. The van der Waals surface area contributed by atoms with Crippen LogP contribution in [-0.2, 0) is 22.5 Å². The van der Waals surface area contributed by atoms with Crippen molar-refractivity contribution < 1.29 is 28.5 Å². The Balaban J connectivity index is 1.30. The van der Waals surface area contributed by atoms with E-state index < -0.39 is 0 Å². The first-order valence-electron chi connectivity index (χ1n) is 12.9. The number of nitrogens with one attached hydrogen (secondary N) is 1. The molecule has 4 rings (SSSR count). The van der Waals surface area contributed by atoms with Crippen molar-refractivity contribution in [2.75, 3.05) is 54.2 Å². The van der Waals surface area contributed by atoms with E-state index in [1.807, 2.05) is 33.7 Å². The maximum Gasteiger partial charge on any atom is 0.251 e. The minimum atomic E-state index is -0.201. The number of carbonyl (C=O) groups is 2. The molecule has 1 fully saturated rings. The molecule has 0 bridgehead atoms. The fourth-order valence-corrected chi connectivity index (χ4v) is 4.64. The van der Waals surface area contributed by atoms with Gasteiger partial charge in [-0.3, -0.25) is 9.59 Å². The van der Waals surface area contributed by atoms with Gasteiger partial charge in [0.2, 0.25) is 11.7 Å². The summed E-state index contributed by atoms with van der Waals surface area (Å²) in [5.74, 6) is 2.12. The van der Waals surface area contributed by atoms with Gasteiger partial charge in [-0.25, -0.2) is 4.98 Å². The molecule has 0 aliphatic carbocycles. The van der Waals surface area contributed by atoms with Crippen LogP contribution in [0.25, 0.3) is 11.0 Å². The largest absolute Gasteiger partial charge is 0.493 e. The topological polar surface area (TPSA) is 104 Å². The van der Waals surface area contributed by atoms with Crippen LogP contribution in [-0.4, -0.2) is 80.4 Å².